The fraction of sp³-hybridized carbons (Fsp3) is 0.216. The van der Waals surface area contributed by atoms with Crippen LogP contribution in [0.5, 0.6) is 0 Å². The maximum Gasteiger partial charge on any atom is 0.419 e. The van der Waals surface area contributed by atoms with Gasteiger partial charge in [0, 0.05) is 108 Å². The number of pyridine rings is 4. The molecular formula is C97H95F7N20O4. The van der Waals surface area contributed by atoms with E-state index in [2.05, 4.69) is 201 Å². The average molecular weight is 1740 g/mol. The summed E-state index contributed by atoms with van der Waals surface area (Å²) < 4.78 is 91.4. The number of urea groups is 4. The first kappa shape index (κ1) is 90.6. The number of alkyl halides is 6. The highest BCUT2D eigenvalue weighted by molar-refractivity contribution is 6.02. The molecule has 8 aromatic heterocycles. The number of anilines is 6. The first-order chi connectivity index (χ1) is 60.7. The van der Waals surface area contributed by atoms with Crippen LogP contribution in [0.15, 0.2) is 249 Å². The van der Waals surface area contributed by atoms with E-state index in [9.17, 15) is 49.9 Å². The zero-order valence-corrected chi connectivity index (χ0v) is 72.1. The molecule has 8 amide bonds. The Balaban J connectivity index is 0.000000146. The van der Waals surface area contributed by atoms with Crippen molar-refractivity contribution in [2.24, 2.45) is 0 Å². The molecule has 8 aromatic carbocycles. The van der Waals surface area contributed by atoms with Gasteiger partial charge in [0.15, 0.2) is 28.4 Å². The molecule has 0 aliphatic carbocycles. The van der Waals surface area contributed by atoms with E-state index >= 15 is 0 Å². The van der Waals surface area contributed by atoms with Gasteiger partial charge in [0.25, 0.3) is 0 Å². The molecule has 128 heavy (non-hydrogen) atoms. The summed E-state index contributed by atoms with van der Waals surface area (Å²) >= 11 is 0. The number of fused-ring (bicyclic) bond motifs is 4. The lowest BCUT2D eigenvalue weighted by atomic mass is 9.89. The highest BCUT2D eigenvalue weighted by atomic mass is 19.4. The molecule has 0 fully saturated rings. The van der Waals surface area contributed by atoms with E-state index in [-0.39, 0.29) is 39.4 Å². The van der Waals surface area contributed by atoms with Gasteiger partial charge < -0.3 is 42.5 Å². The molecule has 16 aromatic rings. The first-order valence-electron chi connectivity index (χ1n) is 40.9. The van der Waals surface area contributed by atoms with E-state index in [0.29, 0.717) is 41.8 Å². The summed E-state index contributed by atoms with van der Waals surface area (Å²) in [5.41, 5.74) is 15.9. The van der Waals surface area contributed by atoms with Gasteiger partial charge in [-0.3, -0.25) is 20.4 Å². The van der Waals surface area contributed by atoms with Crippen LogP contribution in [-0.4, -0.2) is 91.4 Å². The van der Waals surface area contributed by atoms with Gasteiger partial charge in [-0.25, -0.2) is 43.5 Å². The number of aromatic amines is 4. The predicted molar refractivity (Wildman–Crippen MR) is 490 cm³/mol. The van der Waals surface area contributed by atoms with E-state index < -0.39 is 47.0 Å². The van der Waals surface area contributed by atoms with Gasteiger partial charge in [-0.2, -0.15) is 46.7 Å². The van der Waals surface area contributed by atoms with Crippen LogP contribution in [0.2, 0.25) is 0 Å². The van der Waals surface area contributed by atoms with E-state index in [1.54, 1.807) is 61.2 Å². The second-order valence-corrected chi connectivity index (χ2v) is 34.4. The predicted octanol–water partition coefficient (Wildman–Crippen LogP) is 23.8. The molecule has 0 radical (unpaired) electrons. The number of hydrogen-bond acceptors (Lipinski definition) is 12. The van der Waals surface area contributed by atoms with Crippen LogP contribution in [0.1, 0.15) is 128 Å². The minimum atomic E-state index is -4.87. The van der Waals surface area contributed by atoms with Gasteiger partial charge in [0.2, 0.25) is 0 Å². The van der Waals surface area contributed by atoms with Crippen molar-refractivity contribution < 1.29 is 49.9 Å². The fourth-order valence-corrected chi connectivity index (χ4v) is 13.4. The Hall–Kier alpha value is -15.2. The summed E-state index contributed by atoms with van der Waals surface area (Å²) in [4.78, 5) is 67.6. The van der Waals surface area contributed by atoms with Gasteiger partial charge in [0.05, 0.1) is 41.6 Å². The Kier molecular flexibility index (Phi) is 27.0. The summed E-state index contributed by atoms with van der Waals surface area (Å²) in [6.45, 7) is 26.3. The van der Waals surface area contributed by atoms with Crippen molar-refractivity contribution in [2.45, 2.75) is 130 Å². The maximum atomic E-state index is 14.2. The highest BCUT2D eigenvalue weighted by Gasteiger charge is 2.36. The number of benzene rings is 8. The third-order valence-electron chi connectivity index (χ3n) is 20.4. The molecule has 0 saturated carbocycles. The largest absolute Gasteiger partial charge is 0.419 e. The third kappa shape index (κ3) is 23.2. The van der Waals surface area contributed by atoms with Crippen molar-refractivity contribution in [3.05, 3.63) is 300 Å². The molecule has 0 aliphatic rings. The lowest BCUT2D eigenvalue weighted by Gasteiger charge is -2.19. The Morgan fingerprint density at radius 1 is 0.320 bits per heavy atom. The number of nitrogens with zero attached hydrogens (tertiary/aromatic N) is 8. The number of halogens is 7. The maximum absolute atomic E-state index is 14.2. The SMILES string of the molecule is CC(C)(C)c1cc(-c2ccc(NC(=O)NCCc3ccccc3)cc2)c2cn[nH]c2n1.CC(C)(C)c1cc(-c2ccc(NC(=O)NCc3ccccc3)cc2)c2cn[nH]c2n1.CC(C)(C)c1cc(-c2ccc(NC(=O)Nc3cccc(C(F)(F)F)c3)cc2)c2cn[nH]c2n1.CC(C)(C)c1cc(-c2ccc(NC(=O)Nc3cccc(C(F)(F)F)c3F)cc2)c2cn[nH]c2n1. The molecular weight excluding hydrogens is 1640 g/mol. The Morgan fingerprint density at radius 2 is 0.641 bits per heavy atom. The molecule has 8 heterocycles. The average Bonchev–Trinajstić information content (AvgIpc) is 1.58. The molecule has 31 heteroatoms. The van der Waals surface area contributed by atoms with Crippen LogP contribution in [0.4, 0.5) is 84.0 Å². The number of H-pyrrole nitrogens is 4. The van der Waals surface area contributed by atoms with Crippen molar-refractivity contribution >= 4 is 102 Å². The third-order valence-corrected chi connectivity index (χ3v) is 20.4. The zero-order valence-electron chi connectivity index (χ0n) is 72.1. The summed E-state index contributed by atoms with van der Waals surface area (Å²) in [6.07, 6.45) is -1.54. The molecule has 12 N–H and O–H groups in total. The number of carbonyl (C=O) groups is 4. The number of carbonyl (C=O) groups excluding carboxylic acids is 4. The van der Waals surface area contributed by atoms with Gasteiger partial charge in [-0.1, -0.05) is 204 Å². The van der Waals surface area contributed by atoms with Crippen molar-refractivity contribution in [1.82, 2.24) is 71.4 Å². The summed E-state index contributed by atoms with van der Waals surface area (Å²) in [6, 6.07) is 63.0. The molecule has 16 rings (SSSR count). The fourth-order valence-electron chi connectivity index (χ4n) is 13.4. The van der Waals surface area contributed by atoms with Crippen molar-refractivity contribution in [3.63, 3.8) is 0 Å². The van der Waals surface area contributed by atoms with Gasteiger partial charge in [-0.15, -0.1) is 0 Å². The normalized spacial score (nSPS) is 11.8. The van der Waals surface area contributed by atoms with Crippen LogP contribution in [0.25, 0.3) is 88.6 Å². The highest BCUT2D eigenvalue weighted by Crippen LogP contribution is 2.40. The van der Waals surface area contributed by atoms with E-state index in [0.717, 1.165) is 148 Å². The van der Waals surface area contributed by atoms with Crippen molar-refractivity contribution in [1.29, 1.82) is 0 Å². The molecule has 24 nitrogen and oxygen atoms in total. The Bertz CT molecular complexity index is 6590. The topological polar surface area (TPSA) is 331 Å². The molecule has 0 atom stereocenters. The second-order valence-electron chi connectivity index (χ2n) is 34.4. The quantitative estimate of drug-likeness (QED) is 0.0426. The Labute approximate surface area is 733 Å². The second kappa shape index (κ2) is 38.1. The minimum Gasteiger partial charge on any atom is -0.338 e. The van der Waals surface area contributed by atoms with Crippen LogP contribution in [0.3, 0.4) is 0 Å². The summed E-state index contributed by atoms with van der Waals surface area (Å²) in [5.74, 6) is -1.54. The Morgan fingerprint density at radius 3 is 0.984 bits per heavy atom. The monoisotopic (exact) mass is 1740 g/mol. The lowest BCUT2D eigenvalue weighted by molar-refractivity contribution is -0.140. The van der Waals surface area contributed by atoms with Gasteiger partial charge >= 0.3 is 36.5 Å². The van der Waals surface area contributed by atoms with Crippen molar-refractivity contribution in [3.8, 4) is 44.5 Å². The first-order valence-corrected chi connectivity index (χ1v) is 40.9. The van der Waals surface area contributed by atoms with Gasteiger partial charge in [0.1, 0.15) is 0 Å². The number of nitrogens with one attached hydrogen (secondary N) is 12. The van der Waals surface area contributed by atoms with Crippen LogP contribution in [0, 0.1) is 5.82 Å². The van der Waals surface area contributed by atoms with Crippen LogP contribution in [-0.2, 0) is 47.0 Å². The van der Waals surface area contributed by atoms with Crippen molar-refractivity contribution in [2.75, 3.05) is 38.4 Å². The van der Waals surface area contributed by atoms with E-state index in [1.165, 1.54) is 17.7 Å². The van der Waals surface area contributed by atoms with Crippen LogP contribution < -0.4 is 42.5 Å². The van der Waals surface area contributed by atoms with E-state index in [1.807, 2.05) is 121 Å². The number of hydrogen-bond donors (Lipinski definition) is 12. The zero-order chi connectivity index (χ0) is 91.5. The molecule has 0 bridgehead atoms. The summed E-state index contributed by atoms with van der Waals surface area (Å²) in [7, 11) is 0. The molecule has 0 aliphatic heterocycles. The minimum absolute atomic E-state index is 0.0489. The lowest BCUT2D eigenvalue weighted by Crippen LogP contribution is -2.30. The smallest absolute Gasteiger partial charge is 0.338 e. The molecule has 0 unspecified atom stereocenters. The summed E-state index contributed by atoms with van der Waals surface area (Å²) in [5, 5.41) is 53.2. The standard InChI is InChI=1S/C25H27N5O.C24H21F4N5O.C24H22F3N5O.C24H25N5O/c1-25(2,3)22-15-20(21-16-27-30-23(21)29-22)18-9-11-19(12-10-18)28-24(31)26-14-13-17-7-5-4-6-8-17;1-23(2,3)19-11-15(16-12-29-33-21(16)32-19)13-7-9-14(10-8-13)30-22(34)31-18-6-4-5-17(20(18)25)24(26,27)28;1-23(2,3)20-12-18(19-13-28-32-21(19)31-20)14-7-9-16(10-8-14)29-22(33)30-17-6-4-5-15(11-17)24(25,26)27;1-24(2,3)21-13-19(20-15-26-29-22(20)28-21)17-9-11-18(12-10-17)27-23(30)25-14-16-7-5-4-6-8-16/h4-12,15-16H,13-14H2,1-3H3,(H2,26,28,31)(H,27,29,30);4-12H,1-3H3,(H,29,32,33)(H2,30,31,34);4-13H,1-3H3,(H,28,31,32)(H2,29,30,33);4-13,15H,14H2,1-3H3,(H2,25,27,30)(H,26,28,29). The number of amides is 8. The number of rotatable bonds is 15. The molecule has 0 spiro atoms. The number of aromatic nitrogens is 12. The molecule has 656 valence electrons. The van der Waals surface area contributed by atoms with Crippen LogP contribution >= 0.6 is 0 Å². The van der Waals surface area contributed by atoms with Gasteiger partial charge in [-0.05, 0) is 165 Å². The molecule has 0 saturated heterocycles. The van der Waals surface area contributed by atoms with E-state index in [4.69, 9.17) is 9.97 Å².